The topological polar surface area (TPSA) is 53.3 Å². The van der Waals surface area contributed by atoms with Gasteiger partial charge in [0.05, 0.1) is 12.5 Å². The number of halogens is 3. The van der Waals surface area contributed by atoms with E-state index in [2.05, 4.69) is 0 Å². The SMILES string of the molecule is CC(C)CN(CC(F)(F)F)C(=O)COc1ccc(CC#N)cc1. The molecule has 0 unspecified atom stereocenters. The van der Waals surface area contributed by atoms with E-state index in [-0.39, 0.29) is 18.9 Å². The molecule has 0 fully saturated rings. The highest BCUT2D eigenvalue weighted by Crippen LogP contribution is 2.18. The molecule has 0 saturated carbocycles. The Bertz CT molecular complexity index is 548. The Morgan fingerprint density at radius 3 is 2.39 bits per heavy atom. The van der Waals surface area contributed by atoms with E-state index in [1.54, 1.807) is 38.1 Å². The van der Waals surface area contributed by atoms with Crippen LogP contribution in [0.15, 0.2) is 24.3 Å². The Hall–Kier alpha value is -2.23. The van der Waals surface area contributed by atoms with Crippen LogP contribution in [0.5, 0.6) is 5.75 Å². The number of rotatable bonds is 7. The first kappa shape index (κ1) is 18.8. The number of carbonyl (C=O) groups excluding carboxylic acids is 1. The summed E-state index contributed by atoms with van der Waals surface area (Å²) in [4.78, 5) is 12.7. The van der Waals surface area contributed by atoms with Crippen molar-refractivity contribution in [2.75, 3.05) is 19.7 Å². The van der Waals surface area contributed by atoms with Crippen molar-refractivity contribution in [3.05, 3.63) is 29.8 Å². The summed E-state index contributed by atoms with van der Waals surface area (Å²) in [7, 11) is 0. The molecule has 0 atom stereocenters. The summed E-state index contributed by atoms with van der Waals surface area (Å²) in [6.45, 7) is 1.76. The molecule has 0 N–H and O–H groups in total. The van der Waals surface area contributed by atoms with Gasteiger partial charge in [-0.1, -0.05) is 26.0 Å². The largest absolute Gasteiger partial charge is 0.484 e. The number of hydrogen-bond acceptors (Lipinski definition) is 3. The summed E-state index contributed by atoms with van der Waals surface area (Å²) in [5, 5.41) is 8.57. The minimum absolute atomic E-state index is 0.0167. The second-order valence-corrected chi connectivity index (χ2v) is 5.55. The van der Waals surface area contributed by atoms with Crippen molar-refractivity contribution in [2.45, 2.75) is 26.4 Å². The van der Waals surface area contributed by atoms with Crippen molar-refractivity contribution in [1.82, 2.24) is 4.90 Å². The van der Waals surface area contributed by atoms with E-state index in [4.69, 9.17) is 10.00 Å². The molecular weight excluding hydrogens is 309 g/mol. The molecule has 0 spiro atoms. The molecule has 0 aromatic heterocycles. The first-order valence-corrected chi connectivity index (χ1v) is 7.14. The van der Waals surface area contributed by atoms with Gasteiger partial charge in [0.1, 0.15) is 12.3 Å². The van der Waals surface area contributed by atoms with Gasteiger partial charge in [-0.15, -0.1) is 0 Å². The van der Waals surface area contributed by atoms with Gasteiger partial charge in [0.2, 0.25) is 0 Å². The maximum atomic E-state index is 12.5. The molecule has 1 rings (SSSR count). The maximum absolute atomic E-state index is 12.5. The molecular formula is C16H19F3N2O2. The van der Waals surface area contributed by atoms with Crippen LogP contribution in [0.2, 0.25) is 0 Å². The van der Waals surface area contributed by atoms with Gasteiger partial charge in [-0.2, -0.15) is 18.4 Å². The molecule has 23 heavy (non-hydrogen) atoms. The van der Waals surface area contributed by atoms with Crippen LogP contribution >= 0.6 is 0 Å². The lowest BCUT2D eigenvalue weighted by Gasteiger charge is -2.25. The predicted octanol–water partition coefficient (Wildman–Crippen LogP) is 3.18. The number of nitrogens with zero attached hydrogens (tertiary/aromatic N) is 2. The van der Waals surface area contributed by atoms with E-state index in [1.807, 2.05) is 6.07 Å². The van der Waals surface area contributed by atoms with Gasteiger partial charge in [0.15, 0.2) is 6.61 Å². The van der Waals surface area contributed by atoms with Crippen molar-refractivity contribution < 1.29 is 22.7 Å². The lowest BCUT2D eigenvalue weighted by Crippen LogP contribution is -2.43. The molecule has 0 aliphatic heterocycles. The molecule has 0 bridgehead atoms. The zero-order valence-electron chi connectivity index (χ0n) is 13.1. The van der Waals surface area contributed by atoms with Gasteiger partial charge >= 0.3 is 6.18 Å². The Balaban J connectivity index is 2.62. The first-order valence-electron chi connectivity index (χ1n) is 7.14. The quantitative estimate of drug-likeness (QED) is 0.772. The van der Waals surface area contributed by atoms with Crippen LogP contribution in [0.3, 0.4) is 0 Å². The fourth-order valence-electron chi connectivity index (χ4n) is 1.94. The van der Waals surface area contributed by atoms with Crippen LogP contribution in [-0.4, -0.2) is 36.7 Å². The average molecular weight is 328 g/mol. The lowest BCUT2D eigenvalue weighted by molar-refractivity contribution is -0.163. The summed E-state index contributed by atoms with van der Waals surface area (Å²) in [5.41, 5.74) is 0.796. The molecule has 1 amide bonds. The number of ether oxygens (including phenoxy) is 1. The summed E-state index contributed by atoms with van der Waals surface area (Å²) in [6.07, 6.45) is -4.18. The fraction of sp³-hybridized carbons (Fsp3) is 0.500. The predicted molar refractivity (Wildman–Crippen MR) is 78.7 cm³/mol. The normalized spacial score (nSPS) is 11.2. The molecule has 0 aliphatic carbocycles. The second kappa shape index (κ2) is 8.42. The molecule has 0 saturated heterocycles. The molecule has 7 heteroatoms. The van der Waals surface area contributed by atoms with Crippen LogP contribution in [-0.2, 0) is 11.2 Å². The highest BCUT2D eigenvalue weighted by Gasteiger charge is 2.33. The van der Waals surface area contributed by atoms with Crippen molar-refractivity contribution >= 4 is 5.91 Å². The van der Waals surface area contributed by atoms with Gasteiger partial charge in [0, 0.05) is 6.54 Å². The van der Waals surface area contributed by atoms with Crippen LogP contribution in [0.4, 0.5) is 13.2 Å². The first-order chi connectivity index (χ1) is 10.7. The van der Waals surface area contributed by atoms with Crippen LogP contribution < -0.4 is 4.74 Å². The van der Waals surface area contributed by atoms with Gasteiger partial charge in [-0.05, 0) is 23.6 Å². The van der Waals surface area contributed by atoms with Crippen LogP contribution in [0.25, 0.3) is 0 Å². The highest BCUT2D eigenvalue weighted by molar-refractivity contribution is 5.77. The third kappa shape index (κ3) is 7.54. The maximum Gasteiger partial charge on any atom is 0.406 e. The summed E-state index contributed by atoms with van der Waals surface area (Å²) in [6, 6.07) is 8.50. The fourth-order valence-corrected chi connectivity index (χ4v) is 1.94. The molecule has 1 aromatic rings. The van der Waals surface area contributed by atoms with E-state index >= 15 is 0 Å². The van der Waals surface area contributed by atoms with Gasteiger partial charge in [-0.25, -0.2) is 0 Å². The molecule has 0 aliphatic rings. The van der Waals surface area contributed by atoms with Gasteiger partial charge in [0.25, 0.3) is 5.91 Å². The number of alkyl halides is 3. The lowest BCUT2D eigenvalue weighted by atomic mass is 10.2. The zero-order valence-corrected chi connectivity index (χ0v) is 13.1. The van der Waals surface area contributed by atoms with Gasteiger partial charge < -0.3 is 9.64 Å². The Kier molecular flexibility index (Phi) is 6.89. The van der Waals surface area contributed by atoms with E-state index in [1.165, 1.54) is 0 Å². The van der Waals surface area contributed by atoms with Crippen LogP contribution in [0, 0.1) is 17.2 Å². The van der Waals surface area contributed by atoms with Crippen molar-refractivity contribution in [1.29, 1.82) is 5.26 Å². The minimum atomic E-state index is -4.44. The molecule has 1 aromatic carbocycles. The third-order valence-electron chi connectivity index (χ3n) is 2.88. The Labute approximate surface area is 133 Å². The zero-order chi connectivity index (χ0) is 17.5. The van der Waals surface area contributed by atoms with Crippen molar-refractivity contribution in [3.8, 4) is 11.8 Å². The van der Waals surface area contributed by atoms with Gasteiger partial charge in [-0.3, -0.25) is 4.79 Å². The standard InChI is InChI=1S/C16H19F3N2O2/c1-12(2)9-21(11-16(17,18)19)15(22)10-23-14-5-3-13(4-6-14)7-8-20/h3-6,12H,7,9-11H2,1-2H3. The number of nitriles is 1. The van der Waals surface area contributed by atoms with Crippen molar-refractivity contribution in [2.24, 2.45) is 5.92 Å². The molecule has 4 nitrogen and oxygen atoms in total. The van der Waals surface area contributed by atoms with E-state index in [0.29, 0.717) is 5.75 Å². The average Bonchev–Trinajstić information content (AvgIpc) is 2.44. The molecule has 126 valence electrons. The number of hydrogen-bond donors (Lipinski definition) is 0. The molecule has 0 radical (unpaired) electrons. The molecule has 0 heterocycles. The summed E-state index contributed by atoms with van der Waals surface area (Å²) in [5.74, 6) is -0.416. The highest BCUT2D eigenvalue weighted by atomic mass is 19.4. The Morgan fingerprint density at radius 1 is 1.30 bits per heavy atom. The number of carbonyl (C=O) groups is 1. The van der Waals surface area contributed by atoms with E-state index in [9.17, 15) is 18.0 Å². The third-order valence-corrected chi connectivity index (χ3v) is 2.88. The minimum Gasteiger partial charge on any atom is -0.484 e. The monoisotopic (exact) mass is 328 g/mol. The second-order valence-electron chi connectivity index (χ2n) is 5.55. The smallest absolute Gasteiger partial charge is 0.406 e. The van der Waals surface area contributed by atoms with Crippen molar-refractivity contribution in [3.63, 3.8) is 0 Å². The van der Waals surface area contributed by atoms with E-state index in [0.717, 1.165) is 10.5 Å². The number of amides is 1. The summed E-state index contributed by atoms with van der Waals surface area (Å²) < 4.78 is 42.8. The summed E-state index contributed by atoms with van der Waals surface area (Å²) >= 11 is 0. The number of benzene rings is 1. The van der Waals surface area contributed by atoms with Crippen LogP contribution in [0.1, 0.15) is 19.4 Å². The van der Waals surface area contributed by atoms with E-state index < -0.39 is 25.2 Å². The Morgan fingerprint density at radius 2 is 1.91 bits per heavy atom.